The molecule has 0 spiro atoms. The first-order valence-corrected chi connectivity index (χ1v) is 9.88. The van der Waals surface area contributed by atoms with E-state index in [2.05, 4.69) is 15.5 Å². The highest BCUT2D eigenvalue weighted by molar-refractivity contribution is 7.11. The molecule has 5 nitrogen and oxygen atoms in total. The van der Waals surface area contributed by atoms with Gasteiger partial charge >= 0.3 is 0 Å². The van der Waals surface area contributed by atoms with Gasteiger partial charge in [0.2, 0.25) is 0 Å². The number of nitrogens with one attached hydrogen (secondary N) is 2. The fourth-order valence-electron chi connectivity index (χ4n) is 3.33. The molecule has 25 heavy (non-hydrogen) atoms. The van der Waals surface area contributed by atoms with Gasteiger partial charge in [-0.2, -0.15) is 5.10 Å². The van der Waals surface area contributed by atoms with Crippen LogP contribution in [0.3, 0.4) is 0 Å². The van der Waals surface area contributed by atoms with E-state index >= 15 is 0 Å². The van der Waals surface area contributed by atoms with Gasteiger partial charge in [-0.1, -0.05) is 0 Å². The smallest absolute Gasteiger partial charge is 0.152 e. The molecule has 0 saturated heterocycles. The van der Waals surface area contributed by atoms with E-state index in [0.29, 0.717) is 0 Å². The Bertz CT molecular complexity index is 809. The van der Waals surface area contributed by atoms with E-state index < -0.39 is 0 Å². The summed E-state index contributed by atoms with van der Waals surface area (Å²) in [6.07, 6.45) is 9.10. The van der Waals surface area contributed by atoms with E-state index in [4.69, 9.17) is 9.40 Å². The maximum Gasteiger partial charge on any atom is 0.152 e. The number of nitrogens with zero attached hydrogens (tertiary/aromatic N) is 2. The van der Waals surface area contributed by atoms with Gasteiger partial charge in [-0.3, -0.25) is 5.10 Å². The van der Waals surface area contributed by atoms with Crippen LogP contribution in [0.4, 0.5) is 0 Å². The Labute approximate surface area is 151 Å². The second kappa shape index (κ2) is 7.54. The second-order valence-corrected chi connectivity index (χ2v) is 7.81. The predicted octanol–water partition coefficient (Wildman–Crippen LogP) is 4.04. The monoisotopic (exact) mass is 356 g/mol. The Kier molecular flexibility index (Phi) is 4.99. The van der Waals surface area contributed by atoms with Crippen molar-refractivity contribution in [3.05, 3.63) is 45.2 Å². The number of fused-ring (bicyclic) bond motifs is 1. The number of rotatable bonds is 7. The normalized spacial score (nSPS) is 14.0. The third kappa shape index (κ3) is 3.85. The Balaban J connectivity index is 1.25. The summed E-state index contributed by atoms with van der Waals surface area (Å²) in [5.74, 6) is 1.76. The van der Waals surface area contributed by atoms with E-state index in [0.717, 1.165) is 48.7 Å². The number of thiazole rings is 1. The molecule has 4 rings (SSSR count). The van der Waals surface area contributed by atoms with Crippen molar-refractivity contribution in [1.82, 2.24) is 20.5 Å². The van der Waals surface area contributed by atoms with Crippen LogP contribution in [-0.4, -0.2) is 21.7 Å². The van der Waals surface area contributed by atoms with Crippen molar-refractivity contribution in [3.63, 3.8) is 0 Å². The zero-order valence-electron chi connectivity index (χ0n) is 14.6. The standard InChI is InChI=1S/C19H24N4OS/c1-13-8-9-16(24-13)19-14(12-21-23-19)11-20-10-4-7-18-22-15-5-2-3-6-17(15)25-18/h8-9,12,20H,2-7,10-11H2,1H3,(H,21,23). The third-order valence-electron chi connectivity index (χ3n) is 4.65. The zero-order valence-corrected chi connectivity index (χ0v) is 15.4. The van der Waals surface area contributed by atoms with Crippen molar-refractivity contribution in [3.8, 4) is 11.5 Å². The van der Waals surface area contributed by atoms with Crippen molar-refractivity contribution in [2.24, 2.45) is 0 Å². The van der Waals surface area contributed by atoms with Crippen LogP contribution in [0.15, 0.2) is 22.7 Å². The number of aromatic amines is 1. The molecule has 3 heterocycles. The van der Waals surface area contributed by atoms with Crippen molar-refractivity contribution < 1.29 is 4.42 Å². The minimum Gasteiger partial charge on any atom is -0.460 e. The summed E-state index contributed by atoms with van der Waals surface area (Å²) in [5.41, 5.74) is 3.48. The van der Waals surface area contributed by atoms with Crippen LogP contribution in [0.1, 0.15) is 46.2 Å². The van der Waals surface area contributed by atoms with Crippen LogP contribution in [-0.2, 0) is 25.8 Å². The molecule has 0 aromatic carbocycles. The predicted molar refractivity (Wildman–Crippen MR) is 99.8 cm³/mol. The maximum atomic E-state index is 5.69. The van der Waals surface area contributed by atoms with Gasteiger partial charge in [0.25, 0.3) is 0 Å². The Morgan fingerprint density at radius 1 is 1.28 bits per heavy atom. The van der Waals surface area contributed by atoms with Gasteiger partial charge in [-0.15, -0.1) is 11.3 Å². The average molecular weight is 356 g/mol. The first-order valence-electron chi connectivity index (χ1n) is 9.07. The molecule has 3 aromatic rings. The molecule has 0 bridgehead atoms. The molecule has 3 aromatic heterocycles. The maximum absolute atomic E-state index is 5.69. The summed E-state index contributed by atoms with van der Waals surface area (Å²) in [5, 5.41) is 12.0. The number of hydrogen-bond donors (Lipinski definition) is 2. The molecule has 6 heteroatoms. The van der Waals surface area contributed by atoms with Crippen LogP contribution in [0.5, 0.6) is 0 Å². The van der Waals surface area contributed by atoms with Gasteiger partial charge in [-0.25, -0.2) is 4.98 Å². The highest BCUT2D eigenvalue weighted by Gasteiger charge is 2.15. The molecular weight excluding hydrogens is 332 g/mol. The number of aromatic nitrogens is 3. The number of H-pyrrole nitrogens is 1. The van der Waals surface area contributed by atoms with E-state index in [1.165, 1.54) is 41.3 Å². The van der Waals surface area contributed by atoms with Crippen molar-refractivity contribution in [2.75, 3.05) is 6.54 Å². The summed E-state index contributed by atoms with van der Waals surface area (Å²) < 4.78 is 5.69. The molecule has 0 radical (unpaired) electrons. The van der Waals surface area contributed by atoms with Crippen LogP contribution in [0, 0.1) is 6.92 Å². The SMILES string of the molecule is Cc1ccc(-c2[nH]ncc2CNCCCc2nc3c(s2)CCCC3)o1. The van der Waals surface area contributed by atoms with E-state index in [1.54, 1.807) is 0 Å². The minimum atomic E-state index is 0.792. The van der Waals surface area contributed by atoms with Crippen molar-refractivity contribution >= 4 is 11.3 Å². The molecule has 0 amide bonds. The molecule has 132 valence electrons. The Morgan fingerprint density at radius 2 is 2.20 bits per heavy atom. The lowest BCUT2D eigenvalue weighted by atomic mass is 10.0. The highest BCUT2D eigenvalue weighted by atomic mass is 32.1. The van der Waals surface area contributed by atoms with Crippen LogP contribution in [0.25, 0.3) is 11.5 Å². The zero-order chi connectivity index (χ0) is 17.1. The van der Waals surface area contributed by atoms with Gasteiger partial charge in [0.1, 0.15) is 11.5 Å². The number of hydrogen-bond acceptors (Lipinski definition) is 5. The molecule has 1 aliphatic carbocycles. The average Bonchev–Trinajstić information content (AvgIpc) is 3.33. The quantitative estimate of drug-likeness (QED) is 0.627. The molecule has 0 unspecified atom stereocenters. The summed E-state index contributed by atoms with van der Waals surface area (Å²) >= 11 is 1.93. The topological polar surface area (TPSA) is 66.7 Å². The first-order chi connectivity index (χ1) is 12.3. The largest absolute Gasteiger partial charge is 0.460 e. The van der Waals surface area contributed by atoms with Gasteiger partial charge in [0, 0.05) is 23.4 Å². The molecule has 0 fully saturated rings. The molecule has 0 saturated carbocycles. The fraction of sp³-hybridized carbons (Fsp3) is 0.474. The van der Waals surface area contributed by atoms with E-state index in [9.17, 15) is 0 Å². The summed E-state index contributed by atoms with van der Waals surface area (Å²) in [7, 11) is 0. The van der Waals surface area contributed by atoms with Gasteiger partial charge in [0.15, 0.2) is 5.76 Å². The van der Waals surface area contributed by atoms with Crippen molar-refractivity contribution in [1.29, 1.82) is 0 Å². The first kappa shape index (κ1) is 16.5. The highest BCUT2D eigenvalue weighted by Crippen LogP contribution is 2.27. The van der Waals surface area contributed by atoms with Crippen LogP contribution < -0.4 is 5.32 Å². The summed E-state index contributed by atoms with van der Waals surface area (Å²) in [6.45, 7) is 3.72. The van der Waals surface area contributed by atoms with Gasteiger partial charge in [-0.05, 0) is 57.7 Å². The number of furan rings is 1. The second-order valence-electron chi connectivity index (χ2n) is 6.65. The Morgan fingerprint density at radius 3 is 3.04 bits per heavy atom. The van der Waals surface area contributed by atoms with Gasteiger partial charge in [0.05, 0.1) is 16.9 Å². The molecule has 0 aliphatic heterocycles. The molecular formula is C19H24N4OS. The summed E-state index contributed by atoms with van der Waals surface area (Å²) in [6, 6.07) is 3.96. The van der Waals surface area contributed by atoms with Crippen LogP contribution in [0.2, 0.25) is 0 Å². The lowest BCUT2D eigenvalue weighted by Crippen LogP contribution is -2.15. The number of aryl methyl sites for hydroxylation is 4. The van der Waals surface area contributed by atoms with E-state index in [-0.39, 0.29) is 0 Å². The third-order valence-corrected chi connectivity index (χ3v) is 5.87. The lowest BCUT2D eigenvalue weighted by molar-refractivity contribution is 0.545. The fourth-order valence-corrected chi connectivity index (χ4v) is 4.53. The lowest BCUT2D eigenvalue weighted by Gasteiger charge is -2.06. The molecule has 1 aliphatic rings. The van der Waals surface area contributed by atoms with E-state index in [1.807, 2.05) is 36.6 Å². The Hall–Kier alpha value is -1.92. The minimum absolute atomic E-state index is 0.792. The van der Waals surface area contributed by atoms with Gasteiger partial charge < -0.3 is 9.73 Å². The summed E-state index contributed by atoms with van der Waals surface area (Å²) in [4.78, 5) is 6.35. The van der Waals surface area contributed by atoms with Crippen LogP contribution >= 0.6 is 11.3 Å². The van der Waals surface area contributed by atoms with Crippen molar-refractivity contribution in [2.45, 2.75) is 52.0 Å². The molecule has 2 N–H and O–H groups in total. The molecule has 0 atom stereocenters.